The Hall–Kier alpha value is -2.63. The third-order valence-electron chi connectivity index (χ3n) is 4.77. The van der Waals surface area contributed by atoms with Crippen LogP contribution in [0.15, 0.2) is 48.2 Å². The first-order valence-corrected chi connectivity index (χ1v) is 10.5. The molecule has 0 unspecified atom stereocenters. The summed E-state index contributed by atoms with van der Waals surface area (Å²) in [4.78, 5) is 27.7. The number of rotatable bonds is 8. The Morgan fingerprint density at radius 3 is 2.23 bits per heavy atom. The first-order valence-electron chi connectivity index (χ1n) is 10.1. The number of halogens is 1. The summed E-state index contributed by atoms with van der Waals surface area (Å²) in [6.45, 7) is 8.70. The smallest absolute Gasteiger partial charge is 0.278 e. The second-order valence-electron chi connectivity index (χ2n) is 7.79. The number of nitrogens with zero attached hydrogens (tertiary/aromatic N) is 1. The first-order chi connectivity index (χ1) is 14.3. The predicted octanol–water partition coefficient (Wildman–Crippen LogP) is 4.96. The molecule has 5 nitrogen and oxygen atoms in total. The maximum Gasteiger partial charge on any atom is 0.278 e. The Balaban J connectivity index is 1.92. The molecule has 0 spiro atoms. The molecule has 2 amide bonds. The summed E-state index contributed by atoms with van der Waals surface area (Å²) in [6.07, 6.45) is 0.694. The average molecular weight is 427 g/mol. The van der Waals surface area contributed by atoms with Crippen LogP contribution >= 0.6 is 11.6 Å². The van der Waals surface area contributed by atoms with Gasteiger partial charge < -0.3 is 10.1 Å². The van der Waals surface area contributed by atoms with Crippen molar-refractivity contribution in [3.63, 3.8) is 0 Å². The maximum absolute atomic E-state index is 13.2. The van der Waals surface area contributed by atoms with Gasteiger partial charge in [0.15, 0.2) is 0 Å². The Labute approximate surface area is 182 Å². The molecular formula is C24H27ClN2O3. The number of benzene rings is 2. The van der Waals surface area contributed by atoms with E-state index < -0.39 is 0 Å². The van der Waals surface area contributed by atoms with Gasteiger partial charge in [0.05, 0.1) is 11.7 Å². The second kappa shape index (κ2) is 9.45. The van der Waals surface area contributed by atoms with Crippen LogP contribution in [0, 0.1) is 13.8 Å². The fourth-order valence-corrected chi connectivity index (χ4v) is 3.64. The van der Waals surface area contributed by atoms with Gasteiger partial charge in [-0.15, -0.1) is 0 Å². The van der Waals surface area contributed by atoms with Crippen molar-refractivity contribution in [2.75, 3.05) is 18.5 Å². The highest BCUT2D eigenvalue weighted by molar-refractivity contribution is 6.36. The number of carbonyl (C=O) groups is 2. The molecule has 0 saturated carbocycles. The Bertz CT molecular complexity index is 960. The molecule has 2 aromatic carbocycles. The van der Waals surface area contributed by atoms with E-state index in [0.29, 0.717) is 35.7 Å². The molecular weight excluding hydrogens is 400 g/mol. The number of hydrogen-bond donors (Lipinski definition) is 1. The monoisotopic (exact) mass is 426 g/mol. The van der Waals surface area contributed by atoms with Crippen LogP contribution in [0.25, 0.3) is 5.57 Å². The molecule has 0 aromatic heterocycles. The molecule has 0 saturated heterocycles. The molecule has 1 N–H and O–H groups in total. The zero-order valence-electron chi connectivity index (χ0n) is 17.8. The maximum atomic E-state index is 13.2. The number of nitrogens with one attached hydrogen (secondary N) is 1. The van der Waals surface area contributed by atoms with Gasteiger partial charge in [0.25, 0.3) is 11.8 Å². The SMILES string of the molecule is Cc1cc(C)cc(NC2=C(c3ccc(Cl)cc3)C(=O)N(CCCOC(C)C)C2=O)c1. The minimum atomic E-state index is -0.325. The van der Waals surface area contributed by atoms with Crippen molar-refractivity contribution in [2.45, 2.75) is 40.2 Å². The summed E-state index contributed by atoms with van der Waals surface area (Å²) in [6, 6.07) is 12.9. The standard InChI is InChI=1S/C24H27ClN2O3/c1-15(2)30-11-5-10-27-23(28)21(18-6-8-19(25)9-7-18)22(24(27)29)26-20-13-16(3)12-17(4)14-20/h6-9,12-15,26H,5,10-11H2,1-4H3. The number of hydrogen-bond acceptors (Lipinski definition) is 4. The third kappa shape index (κ3) is 5.10. The summed E-state index contributed by atoms with van der Waals surface area (Å²) in [5, 5.41) is 3.78. The number of anilines is 1. The van der Waals surface area contributed by atoms with Crippen LogP contribution in [0.3, 0.4) is 0 Å². The highest BCUT2D eigenvalue weighted by Gasteiger charge is 2.38. The summed E-state index contributed by atoms with van der Waals surface area (Å²) < 4.78 is 5.55. The minimum absolute atomic E-state index is 0.111. The fraction of sp³-hybridized carbons (Fsp3) is 0.333. The van der Waals surface area contributed by atoms with Gasteiger partial charge in [0.2, 0.25) is 0 Å². The third-order valence-corrected chi connectivity index (χ3v) is 5.02. The molecule has 6 heteroatoms. The molecule has 1 heterocycles. The van der Waals surface area contributed by atoms with Crippen LogP contribution in [0.5, 0.6) is 0 Å². The lowest BCUT2D eigenvalue weighted by Gasteiger charge is -2.16. The Morgan fingerprint density at radius 2 is 1.63 bits per heavy atom. The van der Waals surface area contributed by atoms with Gasteiger partial charge in [-0.1, -0.05) is 29.8 Å². The average Bonchev–Trinajstić information content (AvgIpc) is 2.89. The van der Waals surface area contributed by atoms with Gasteiger partial charge in [-0.25, -0.2) is 0 Å². The predicted molar refractivity (Wildman–Crippen MR) is 120 cm³/mol. The molecule has 0 aliphatic carbocycles. The van der Waals surface area contributed by atoms with E-state index in [1.807, 2.05) is 39.8 Å². The van der Waals surface area contributed by atoms with Crippen molar-refractivity contribution in [3.05, 3.63) is 69.9 Å². The van der Waals surface area contributed by atoms with Gasteiger partial charge in [-0.3, -0.25) is 14.5 Å². The molecule has 1 aliphatic heterocycles. The normalized spacial score (nSPS) is 14.3. The van der Waals surface area contributed by atoms with E-state index in [-0.39, 0.29) is 23.6 Å². The Kier molecular flexibility index (Phi) is 6.95. The lowest BCUT2D eigenvalue weighted by atomic mass is 10.0. The van der Waals surface area contributed by atoms with Gasteiger partial charge in [-0.05, 0) is 75.1 Å². The largest absolute Gasteiger partial charge is 0.379 e. The van der Waals surface area contributed by atoms with E-state index in [9.17, 15) is 9.59 Å². The molecule has 0 bridgehead atoms. The summed E-state index contributed by atoms with van der Waals surface area (Å²) in [5.74, 6) is -0.632. The van der Waals surface area contributed by atoms with Crippen molar-refractivity contribution in [1.29, 1.82) is 0 Å². The number of carbonyl (C=O) groups excluding carboxylic acids is 2. The van der Waals surface area contributed by atoms with Crippen molar-refractivity contribution in [1.82, 2.24) is 4.90 Å². The minimum Gasteiger partial charge on any atom is -0.379 e. The molecule has 30 heavy (non-hydrogen) atoms. The lowest BCUT2D eigenvalue weighted by molar-refractivity contribution is -0.137. The zero-order chi connectivity index (χ0) is 21.8. The zero-order valence-corrected chi connectivity index (χ0v) is 18.5. The first kappa shape index (κ1) is 22.1. The van der Waals surface area contributed by atoms with Gasteiger partial charge in [0, 0.05) is 23.9 Å². The van der Waals surface area contributed by atoms with E-state index in [0.717, 1.165) is 16.8 Å². The molecule has 1 aliphatic rings. The van der Waals surface area contributed by atoms with Crippen molar-refractivity contribution in [3.8, 4) is 0 Å². The summed E-state index contributed by atoms with van der Waals surface area (Å²) in [7, 11) is 0. The summed E-state index contributed by atoms with van der Waals surface area (Å²) >= 11 is 6.02. The fourth-order valence-electron chi connectivity index (χ4n) is 3.51. The molecule has 0 fully saturated rings. The van der Waals surface area contributed by atoms with E-state index in [1.165, 1.54) is 4.90 Å². The van der Waals surface area contributed by atoms with Gasteiger partial charge in [0.1, 0.15) is 5.70 Å². The quantitative estimate of drug-likeness (QED) is 0.478. The number of ether oxygens (including phenoxy) is 1. The van der Waals surface area contributed by atoms with Crippen LogP contribution in [0.1, 0.15) is 37.0 Å². The summed E-state index contributed by atoms with van der Waals surface area (Å²) in [5.41, 5.74) is 4.24. The van der Waals surface area contributed by atoms with Crippen LogP contribution in [-0.2, 0) is 14.3 Å². The molecule has 0 radical (unpaired) electrons. The van der Waals surface area contributed by atoms with Gasteiger partial charge in [-0.2, -0.15) is 0 Å². The second-order valence-corrected chi connectivity index (χ2v) is 8.23. The van der Waals surface area contributed by atoms with E-state index in [1.54, 1.807) is 24.3 Å². The lowest BCUT2D eigenvalue weighted by Crippen LogP contribution is -2.34. The van der Waals surface area contributed by atoms with E-state index >= 15 is 0 Å². The van der Waals surface area contributed by atoms with E-state index in [2.05, 4.69) is 11.4 Å². The van der Waals surface area contributed by atoms with Crippen molar-refractivity contribution in [2.24, 2.45) is 0 Å². The highest BCUT2D eigenvalue weighted by atomic mass is 35.5. The topological polar surface area (TPSA) is 58.6 Å². The molecule has 158 valence electrons. The van der Waals surface area contributed by atoms with Crippen LogP contribution in [0.2, 0.25) is 5.02 Å². The van der Waals surface area contributed by atoms with E-state index in [4.69, 9.17) is 16.3 Å². The van der Waals surface area contributed by atoms with Crippen molar-refractivity contribution >= 4 is 34.7 Å². The van der Waals surface area contributed by atoms with Crippen LogP contribution in [-0.4, -0.2) is 36.0 Å². The number of amides is 2. The van der Waals surface area contributed by atoms with Crippen LogP contribution in [0.4, 0.5) is 5.69 Å². The van der Waals surface area contributed by atoms with Crippen molar-refractivity contribution < 1.29 is 14.3 Å². The molecule has 2 aromatic rings. The van der Waals surface area contributed by atoms with Crippen LogP contribution < -0.4 is 5.32 Å². The molecule has 0 atom stereocenters. The highest BCUT2D eigenvalue weighted by Crippen LogP contribution is 2.31. The number of imide groups is 1. The number of aryl methyl sites for hydroxylation is 2. The molecule has 3 rings (SSSR count). The Morgan fingerprint density at radius 1 is 1.00 bits per heavy atom. The van der Waals surface area contributed by atoms with Gasteiger partial charge >= 0.3 is 0 Å².